The van der Waals surface area contributed by atoms with Crippen molar-refractivity contribution in [2.45, 2.75) is 223 Å². The number of hydrogen-bond donors (Lipinski definition) is 13. The van der Waals surface area contributed by atoms with Gasteiger partial charge < -0.3 is 94.8 Å². The maximum atomic E-state index is 12.7. The fraction of sp³-hybridized carbons (Fsp3) is 0.958. The molecule has 7 rings (SSSR count). The van der Waals surface area contributed by atoms with Gasteiger partial charge in [-0.1, -0.05) is 46.3 Å². The summed E-state index contributed by atoms with van der Waals surface area (Å²) in [6.07, 6.45) is -19.8. The minimum Gasteiger partial charge on any atom is -0.394 e. The zero-order valence-corrected chi connectivity index (χ0v) is 40.3. The zero-order valence-electron chi connectivity index (χ0n) is 40.3. The molecule has 0 aromatic heterocycles. The lowest BCUT2D eigenvalue weighted by Crippen LogP contribution is -2.71. The van der Waals surface area contributed by atoms with Gasteiger partial charge in [0.05, 0.1) is 43.7 Å². The van der Waals surface area contributed by atoms with Crippen LogP contribution in [-0.2, 0) is 28.4 Å². The third-order valence-corrected chi connectivity index (χ3v) is 18.7. The van der Waals surface area contributed by atoms with E-state index in [0.717, 1.165) is 5.57 Å². The second-order valence-corrected chi connectivity index (χ2v) is 23.1. The molecular formula is C48H82O19. The molecule has 7 aliphatic rings. The van der Waals surface area contributed by atoms with Crippen molar-refractivity contribution in [1.29, 1.82) is 0 Å². The third kappa shape index (κ3) is 9.03. The highest BCUT2D eigenvalue weighted by Gasteiger charge is 2.74. The minimum atomic E-state index is -1.85. The maximum Gasteiger partial charge on any atom is 0.187 e. The van der Waals surface area contributed by atoms with Gasteiger partial charge in [-0.25, -0.2) is 0 Å². The van der Waals surface area contributed by atoms with Crippen LogP contribution in [0.5, 0.6) is 0 Å². The van der Waals surface area contributed by atoms with E-state index in [0.29, 0.717) is 51.4 Å². The van der Waals surface area contributed by atoms with Crippen LogP contribution in [0.2, 0.25) is 0 Å². The van der Waals surface area contributed by atoms with Gasteiger partial charge in [-0.2, -0.15) is 0 Å². The van der Waals surface area contributed by atoms with E-state index in [1.165, 1.54) is 0 Å². The largest absolute Gasteiger partial charge is 0.394 e. The predicted octanol–water partition coefficient (Wildman–Crippen LogP) is -1.06. The Balaban J connectivity index is 1.24. The number of allylic oxidation sites excluding steroid dienone is 2. The minimum absolute atomic E-state index is 0.0959. The monoisotopic (exact) mass is 963 g/mol. The molecule has 3 aliphatic heterocycles. The van der Waals surface area contributed by atoms with E-state index < -0.39 is 158 Å². The first-order valence-electron chi connectivity index (χ1n) is 24.5. The molecule has 0 amide bonds. The van der Waals surface area contributed by atoms with Crippen LogP contribution in [0.15, 0.2) is 11.6 Å². The number of fused-ring (bicyclic) bond motifs is 5. The van der Waals surface area contributed by atoms with Crippen LogP contribution in [0.3, 0.4) is 0 Å². The van der Waals surface area contributed by atoms with Gasteiger partial charge in [0.2, 0.25) is 0 Å². The molecule has 19 nitrogen and oxygen atoms in total. The number of rotatable bonds is 13. The third-order valence-electron chi connectivity index (χ3n) is 18.7. The van der Waals surface area contributed by atoms with Gasteiger partial charge in [-0.15, -0.1) is 0 Å². The smallest absolute Gasteiger partial charge is 0.187 e. The Morgan fingerprint density at radius 3 is 1.75 bits per heavy atom. The molecule has 0 aromatic rings. The van der Waals surface area contributed by atoms with Crippen molar-refractivity contribution < 1.29 is 94.8 Å². The summed E-state index contributed by atoms with van der Waals surface area (Å²) in [7, 11) is 0. The quantitative estimate of drug-likeness (QED) is 0.0773. The van der Waals surface area contributed by atoms with Crippen molar-refractivity contribution in [3.63, 3.8) is 0 Å². The standard InChI is InChI=1S/C48H82O19/c1-21(2)10-9-13-48(8,67-43-37(60)35(58)32(55)26(19-50)65-43)22-11-15-46(6)30(22)23(52)16-28-45(5)14-12-29(53)44(3,4)40(45)24(17-47(28,46)7)62-42-38(61)39(33(56)27(20-51)64-42)66-41-36(59)34(57)31(54)25(18-49)63-41/h10,22-43,49-61H,9,11-20H2,1-8H3/t22-,23+,24-,25+,26+,27+,28+,29-,30-,31+,32+,33+,34-,35-,36+,37+,38+,39-,40-,41+,42+,43-,45+,46+,47+,48-/m0/s1. The van der Waals surface area contributed by atoms with Crippen molar-refractivity contribution in [3.05, 3.63) is 11.6 Å². The van der Waals surface area contributed by atoms with E-state index in [1.807, 2.05) is 34.6 Å². The SMILES string of the molecule is CC(C)=CCC[C@](C)(O[C@@H]1O[C@H](CO)[C@@H](O)[C@H](O)[C@H]1O)[C@H]1CC[C@]2(C)[C@@H]1[C@H](O)C[C@@H]1[C@@]3(C)CC[C@H](O)C(C)(C)[C@@H]3[C@@H](O[C@@H]3O[C@H](CO)[C@@H](O)[C@H](O[C@H]4O[C@H](CO)[C@@H](O)[C@H](O)[C@H]4O)[C@H]3O)C[C@]12C. The molecule has 13 N–H and O–H groups in total. The highest BCUT2D eigenvalue weighted by Crippen LogP contribution is 2.76. The summed E-state index contributed by atoms with van der Waals surface area (Å²) in [6, 6.07) is 0. The molecule has 7 fully saturated rings. The molecule has 0 aromatic carbocycles. The lowest BCUT2D eigenvalue weighted by molar-refractivity contribution is -0.375. The maximum absolute atomic E-state index is 12.7. The summed E-state index contributed by atoms with van der Waals surface area (Å²) >= 11 is 0. The van der Waals surface area contributed by atoms with E-state index in [4.69, 9.17) is 28.4 Å². The van der Waals surface area contributed by atoms with Crippen molar-refractivity contribution in [2.75, 3.05) is 19.8 Å². The summed E-state index contributed by atoms with van der Waals surface area (Å²) in [4.78, 5) is 0. The normalized spacial score (nSPS) is 52.9. The molecule has 0 bridgehead atoms. The second kappa shape index (κ2) is 19.8. The average Bonchev–Trinajstić information content (AvgIpc) is 3.66. The highest BCUT2D eigenvalue weighted by molar-refractivity contribution is 5.22. The molecule has 0 unspecified atom stereocenters. The molecule has 3 saturated heterocycles. The van der Waals surface area contributed by atoms with E-state index in [-0.39, 0.29) is 23.7 Å². The van der Waals surface area contributed by atoms with Crippen molar-refractivity contribution >= 4 is 0 Å². The van der Waals surface area contributed by atoms with Crippen LogP contribution < -0.4 is 0 Å². The van der Waals surface area contributed by atoms with Crippen molar-refractivity contribution in [3.8, 4) is 0 Å². The van der Waals surface area contributed by atoms with Crippen molar-refractivity contribution in [2.24, 2.45) is 45.3 Å². The summed E-state index contributed by atoms with van der Waals surface area (Å²) in [5.41, 5.74) is -2.48. The van der Waals surface area contributed by atoms with Gasteiger partial charge in [0.25, 0.3) is 0 Å². The van der Waals surface area contributed by atoms with E-state index in [2.05, 4.69) is 26.8 Å². The van der Waals surface area contributed by atoms with Crippen LogP contribution in [-0.4, -0.2) is 202 Å². The van der Waals surface area contributed by atoms with Gasteiger partial charge in [-0.3, -0.25) is 0 Å². The second-order valence-electron chi connectivity index (χ2n) is 23.1. The Kier molecular flexibility index (Phi) is 15.9. The fourth-order valence-corrected chi connectivity index (χ4v) is 14.9. The lowest BCUT2D eigenvalue weighted by atomic mass is 9.34. The molecule has 4 saturated carbocycles. The summed E-state index contributed by atoms with van der Waals surface area (Å²) < 4.78 is 37.4. The molecule has 26 atom stereocenters. The first-order valence-corrected chi connectivity index (χ1v) is 24.5. The number of hydrogen-bond acceptors (Lipinski definition) is 19. The number of aliphatic hydroxyl groups excluding tert-OH is 13. The zero-order chi connectivity index (χ0) is 49.5. The molecule has 388 valence electrons. The molecule has 4 aliphatic carbocycles. The predicted molar refractivity (Wildman–Crippen MR) is 235 cm³/mol. The fourth-order valence-electron chi connectivity index (χ4n) is 14.9. The average molecular weight is 963 g/mol. The number of ether oxygens (including phenoxy) is 6. The Hall–Kier alpha value is -1.02. The highest BCUT2D eigenvalue weighted by atomic mass is 16.7. The van der Waals surface area contributed by atoms with E-state index >= 15 is 0 Å². The Bertz CT molecular complexity index is 1710. The molecular weight excluding hydrogens is 881 g/mol. The Labute approximate surface area is 393 Å². The first-order chi connectivity index (χ1) is 31.3. The van der Waals surface area contributed by atoms with Gasteiger partial charge in [0.15, 0.2) is 18.9 Å². The number of aliphatic hydroxyl groups is 13. The van der Waals surface area contributed by atoms with E-state index in [9.17, 15) is 66.4 Å². The van der Waals surface area contributed by atoms with Crippen LogP contribution >= 0.6 is 0 Å². The molecule has 67 heavy (non-hydrogen) atoms. The van der Waals surface area contributed by atoms with Crippen LogP contribution in [0.4, 0.5) is 0 Å². The van der Waals surface area contributed by atoms with E-state index in [1.54, 1.807) is 0 Å². The van der Waals surface area contributed by atoms with Crippen LogP contribution in [0, 0.1) is 45.3 Å². The summed E-state index contributed by atoms with van der Waals surface area (Å²) in [6.45, 7) is 14.5. The van der Waals surface area contributed by atoms with Crippen LogP contribution in [0.1, 0.15) is 107 Å². The van der Waals surface area contributed by atoms with Gasteiger partial charge in [0, 0.05) is 0 Å². The van der Waals surface area contributed by atoms with Gasteiger partial charge in [0.1, 0.15) is 73.2 Å². The lowest BCUT2D eigenvalue weighted by Gasteiger charge is -2.72. The summed E-state index contributed by atoms with van der Waals surface area (Å²) in [5, 5.41) is 142. The van der Waals surface area contributed by atoms with Crippen molar-refractivity contribution in [1.82, 2.24) is 0 Å². The molecule has 3 heterocycles. The molecule has 19 heteroatoms. The summed E-state index contributed by atoms with van der Waals surface area (Å²) in [5.74, 6) is -1.16. The Morgan fingerprint density at radius 1 is 0.642 bits per heavy atom. The first kappa shape index (κ1) is 53.8. The topological polar surface area (TPSA) is 318 Å². The van der Waals surface area contributed by atoms with Gasteiger partial charge in [-0.05, 0) is 117 Å². The molecule has 0 radical (unpaired) electrons. The van der Waals surface area contributed by atoms with Crippen LogP contribution in [0.25, 0.3) is 0 Å². The molecule has 0 spiro atoms. The Morgan fingerprint density at radius 2 is 1.18 bits per heavy atom. The van der Waals surface area contributed by atoms with Gasteiger partial charge >= 0.3 is 0 Å².